The van der Waals surface area contributed by atoms with Crippen LogP contribution in [0.15, 0.2) is 36.4 Å². The highest BCUT2D eigenvalue weighted by molar-refractivity contribution is 6.32. The van der Waals surface area contributed by atoms with Gasteiger partial charge in [0.15, 0.2) is 11.5 Å². The summed E-state index contributed by atoms with van der Waals surface area (Å²) in [6.45, 7) is 0.775. The molecule has 6 nitrogen and oxygen atoms in total. The minimum Gasteiger partial charge on any atom is -0.486 e. The lowest BCUT2D eigenvalue weighted by molar-refractivity contribution is 0.0846. The van der Waals surface area contributed by atoms with Crippen molar-refractivity contribution in [3.05, 3.63) is 57.6 Å². The number of halogens is 2. The number of hydrogen-bond donors (Lipinski definition) is 2. The van der Waals surface area contributed by atoms with Gasteiger partial charge in [0.05, 0.1) is 5.02 Å². The number of benzene rings is 2. The molecule has 0 fully saturated rings. The molecule has 24 heavy (non-hydrogen) atoms. The van der Waals surface area contributed by atoms with E-state index in [0.29, 0.717) is 35.3 Å². The second kappa shape index (κ2) is 6.98. The summed E-state index contributed by atoms with van der Waals surface area (Å²) in [6.07, 6.45) is 0. The van der Waals surface area contributed by atoms with Crippen LogP contribution in [0.3, 0.4) is 0 Å². The molecule has 1 aliphatic rings. The number of hydrazine groups is 1. The van der Waals surface area contributed by atoms with Crippen LogP contribution in [0.2, 0.25) is 10.0 Å². The summed E-state index contributed by atoms with van der Waals surface area (Å²) in [5, 5.41) is 0.780. The molecule has 2 aromatic carbocycles. The van der Waals surface area contributed by atoms with E-state index in [-0.39, 0.29) is 10.6 Å². The van der Waals surface area contributed by atoms with Crippen LogP contribution in [-0.2, 0) is 0 Å². The second-order valence-electron chi connectivity index (χ2n) is 4.90. The maximum absolute atomic E-state index is 12.2. The molecule has 0 saturated heterocycles. The first-order valence-electron chi connectivity index (χ1n) is 7.00. The minimum absolute atomic E-state index is 0.237. The zero-order chi connectivity index (χ0) is 17.1. The fourth-order valence-electron chi connectivity index (χ4n) is 2.10. The van der Waals surface area contributed by atoms with Gasteiger partial charge in [0.1, 0.15) is 13.2 Å². The summed E-state index contributed by atoms with van der Waals surface area (Å²) in [5.41, 5.74) is 5.24. The molecule has 124 valence electrons. The third kappa shape index (κ3) is 3.55. The largest absolute Gasteiger partial charge is 0.486 e. The zero-order valence-corrected chi connectivity index (χ0v) is 13.8. The van der Waals surface area contributed by atoms with Crippen LogP contribution in [0.4, 0.5) is 0 Å². The number of nitrogens with one attached hydrogen (secondary N) is 2. The molecular formula is C16H12Cl2N2O4. The van der Waals surface area contributed by atoms with E-state index in [4.69, 9.17) is 32.7 Å². The van der Waals surface area contributed by atoms with Gasteiger partial charge in [-0.2, -0.15) is 0 Å². The lowest BCUT2D eigenvalue weighted by atomic mass is 10.2. The highest BCUT2D eigenvalue weighted by Crippen LogP contribution is 2.38. The van der Waals surface area contributed by atoms with Gasteiger partial charge in [0, 0.05) is 16.1 Å². The zero-order valence-electron chi connectivity index (χ0n) is 12.3. The quantitative estimate of drug-likeness (QED) is 0.801. The van der Waals surface area contributed by atoms with Crippen LogP contribution in [0.1, 0.15) is 20.7 Å². The third-order valence-electron chi connectivity index (χ3n) is 3.25. The summed E-state index contributed by atoms with van der Waals surface area (Å²) in [4.78, 5) is 24.1. The van der Waals surface area contributed by atoms with Gasteiger partial charge in [-0.3, -0.25) is 20.4 Å². The molecule has 1 heterocycles. The third-order valence-corrected chi connectivity index (χ3v) is 3.79. The summed E-state index contributed by atoms with van der Waals surface area (Å²) >= 11 is 11.8. The summed E-state index contributed by atoms with van der Waals surface area (Å²) in [7, 11) is 0. The van der Waals surface area contributed by atoms with Crippen molar-refractivity contribution in [2.75, 3.05) is 13.2 Å². The Morgan fingerprint density at radius 1 is 0.875 bits per heavy atom. The smallest absolute Gasteiger partial charge is 0.269 e. The SMILES string of the molecule is O=C(NNC(=O)c1cc(Cl)c2c(c1)OCCO2)c1ccc(Cl)cc1. The highest BCUT2D eigenvalue weighted by atomic mass is 35.5. The van der Waals surface area contributed by atoms with Gasteiger partial charge in [-0.1, -0.05) is 23.2 Å². The van der Waals surface area contributed by atoms with Gasteiger partial charge in [0.25, 0.3) is 11.8 Å². The van der Waals surface area contributed by atoms with Crippen LogP contribution in [-0.4, -0.2) is 25.0 Å². The van der Waals surface area contributed by atoms with Crippen molar-refractivity contribution >= 4 is 35.0 Å². The summed E-state index contributed by atoms with van der Waals surface area (Å²) < 4.78 is 10.8. The Morgan fingerprint density at radius 2 is 1.50 bits per heavy atom. The molecule has 8 heteroatoms. The van der Waals surface area contributed by atoms with Crippen molar-refractivity contribution in [2.24, 2.45) is 0 Å². The Kier molecular flexibility index (Phi) is 4.78. The topological polar surface area (TPSA) is 76.7 Å². The molecule has 2 N–H and O–H groups in total. The molecule has 0 spiro atoms. The maximum atomic E-state index is 12.2. The first kappa shape index (κ1) is 16.4. The minimum atomic E-state index is -0.531. The average molecular weight is 367 g/mol. The highest BCUT2D eigenvalue weighted by Gasteiger charge is 2.19. The van der Waals surface area contributed by atoms with Crippen LogP contribution in [0.25, 0.3) is 0 Å². The lowest BCUT2D eigenvalue weighted by Crippen LogP contribution is -2.41. The molecule has 0 atom stereocenters. The Morgan fingerprint density at radius 3 is 2.21 bits per heavy atom. The molecule has 0 aromatic heterocycles. The lowest BCUT2D eigenvalue weighted by Gasteiger charge is -2.20. The molecule has 2 amide bonds. The normalized spacial score (nSPS) is 12.4. The predicted octanol–water partition coefficient (Wildman–Crippen LogP) is 2.84. The van der Waals surface area contributed by atoms with Gasteiger partial charge in [0.2, 0.25) is 0 Å². The van der Waals surface area contributed by atoms with Crippen molar-refractivity contribution < 1.29 is 19.1 Å². The van der Waals surface area contributed by atoms with Gasteiger partial charge in [-0.15, -0.1) is 0 Å². The molecule has 0 unspecified atom stereocenters. The molecule has 1 aliphatic heterocycles. The van der Waals surface area contributed by atoms with Crippen molar-refractivity contribution in [3.8, 4) is 11.5 Å². The average Bonchev–Trinajstić information content (AvgIpc) is 2.60. The number of hydrogen-bond acceptors (Lipinski definition) is 4. The number of ether oxygens (including phenoxy) is 2. The maximum Gasteiger partial charge on any atom is 0.269 e. The van der Waals surface area contributed by atoms with Crippen LogP contribution < -0.4 is 20.3 Å². The number of rotatable bonds is 2. The van der Waals surface area contributed by atoms with E-state index in [1.807, 2.05) is 0 Å². The molecule has 3 rings (SSSR count). The van der Waals surface area contributed by atoms with Gasteiger partial charge < -0.3 is 9.47 Å². The number of fused-ring (bicyclic) bond motifs is 1. The van der Waals surface area contributed by atoms with Crippen LogP contribution in [0.5, 0.6) is 11.5 Å². The Bertz CT molecular complexity index is 793. The van der Waals surface area contributed by atoms with E-state index in [1.165, 1.54) is 12.1 Å². The monoisotopic (exact) mass is 366 g/mol. The Hall–Kier alpha value is -2.44. The Labute approximate surface area is 147 Å². The molecule has 0 bridgehead atoms. The molecule has 2 aromatic rings. The number of amides is 2. The summed E-state index contributed by atoms with van der Waals surface area (Å²) in [6, 6.07) is 9.20. The van der Waals surface area contributed by atoms with Gasteiger partial charge in [-0.25, -0.2) is 0 Å². The number of carbonyl (C=O) groups is 2. The first-order valence-corrected chi connectivity index (χ1v) is 7.75. The van der Waals surface area contributed by atoms with Gasteiger partial charge >= 0.3 is 0 Å². The van der Waals surface area contributed by atoms with E-state index in [2.05, 4.69) is 10.9 Å². The van der Waals surface area contributed by atoms with Crippen LogP contribution in [0, 0.1) is 0 Å². The fourth-order valence-corrected chi connectivity index (χ4v) is 2.49. The predicted molar refractivity (Wildman–Crippen MR) is 88.8 cm³/mol. The van der Waals surface area contributed by atoms with E-state index in [9.17, 15) is 9.59 Å². The molecular weight excluding hydrogens is 355 g/mol. The van der Waals surface area contributed by atoms with E-state index in [0.717, 1.165) is 0 Å². The first-order chi connectivity index (χ1) is 11.5. The van der Waals surface area contributed by atoms with Crippen molar-refractivity contribution in [3.63, 3.8) is 0 Å². The molecule has 0 aliphatic carbocycles. The molecule has 0 saturated carbocycles. The van der Waals surface area contributed by atoms with Crippen LogP contribution >= 0.6 is 23.2 Å². The fraction of sp³-hybridized carbons (Fsp3) is 0.125. The number of carbonyl (C=O) groups excluding carboxylic acids is 2. The second-order valence-corrected chi connectivity index (χ2v) is 5.74. The Balaban J connectivity index is 1.68. The van der Waals surface area contributed by atoms with E-state index >= 15 is 0 Å². The molecule has 0 radical (unpaired) electrons. The van der Waals surface area contributed by atoms with Crippen molar-refractivity contribution in [1.29, 1.82) is 0 Å². The van der Waals surface area contributed by atoms with E-state index in [1.54, 1.807) is 24.3 Å². The standard InChI is InChI=1S/C16H12Cl2N2O4/c17-11-3-1-9(2-4-11)15(21)19-20-16(22)10-7-12(18)14-13(8-10)23-5-6-24-14/h1-4,7-8H,5-6H2,(H,19,21)(H,20,22). The summed E-state index contributed by atoms with van der Waals surface area (Å²) in [5.74, 6) is -0.201. The van der Waals surface area contributed by atoms with E-state index < -0.39 is 11.8 Å². The van der Waals surface area contributed by atoms with Crippen molar-refractivity contribution in [1.82, 2.24) is 10.9 Å². The van der Waals surface area contributed by atoms with Gasteiger partial charge in [-0.05, 0) is 36.4 Å². The van der Waals surface area contributed by atoms with Crippen molar-refractivity contribution in [2.45, 2.75) is 0 Å².